The zero-order valence-electron chi connectivity index (χ0n) is 12.5. The van der Waals surface area contributed by atoms with Gasteiger partial charge in [-0.25, -0.2) is 4.39 Å². The van der Waals surface area contributed by atoms with E-state index < -0.39 is 17.8 Å². The van der Waals surface area contributed by atoms with Gasteiger partial charge in [-0.3, -0.25) is 4.79 Å². The Bertz CT molecular complexity index is 839. The fourth-order valence-corrected chi connectivity index (χ4v) is 2.45. The van der Waals surface area contributed by atoms with Crippen LogP contribution in [0.1, 0.15) is 23.0 Å². The van der Waals surface area contributed by atoms with E-state index in [1.54, 1.807) is 0 Å². The molecule has 0 aliphatic rings. The van der Waals surface area contributed by atoms with E-state index in [9.17, 15) is 14.3 Å². The third kappa shape index (κ3) is 3.10. The number of furan rings is 1. The summed E-state index contributed by atoms with van der Waals surface area (Å²) in [6.07, 6.45) is -1.35. The van der Waals surface area contributed by atoms with Crippen LogP contribution < -0.4 is 5.32 Å². The number of fused-ring (bicyclic) bond motifs is 1. The molecule has 1 amide bonds. The maximum absolute atomic E-state index is 12.9. The van der Waals surface area contributed by atoms with Gasteiger partial charge in [0.05, 0.1) is 6.54 Å². The number of carbonyl (C=O) groups excluding carboxylic acids is 1. The van der Waals surface area contributed by atoms with Gasteiger partial charge in [0.1, 0.15) is 17.2 Å². The van der Waals surface area contributed by atoms with Crippen molar-refractivity contribution in [1.29, 1.82) is 0 Å². The molecule has 2 N–H and O–H groups in total. The van der Waals surface area contributed by atoms with Crippen molar-refractivity contribution >= 4 is 16.9 Å². The highest BCUT2D eigenvalue weighted by atomic mass is 19.1. The van der Waals surface area contributed by atoms with Crippen molar-refractivity contribution < 1.29 is 18.7 Å². The molecule has 0 aliphatic heterocycles. The average Bonchev–Trinajstić information content (AvgIpc) is 2.89. The number of para-hydroxylation sites is 1. The number of aryl methyl sites for hydroxylation is 1. The summed E-state index contributed by atoms with van der Waals surface area (Å²) in [6, 6.07) is 12.8. The summed E-state index contributed by atoms with van der Waals surface area (Å²) >= 11 is 0. The molecule has 2 aromatic carbocycles. The molecule has 0 bridgehead atoms. The number of carbonyl (C=O) groups is 1. The minimum Gasteiger partial charge on any atom is -0.459 e. The normalized spacial score (nSPS) is 12.3. The van der Waals surface area contributed by atoms with Crippen LogP contribution in [0.2, 0.25) is 0 Å². The number of halogens is 1. The molecule has 1 heterocycles. The fraction of sp³-hybridized carbons (Fsp3) is 0.167. The molecule has 118 valence electrons. The highest BCUT2D eigenvalue weighted by Gasteiger charge is 2.18. The Morgan fingerprint density at radius 3 is 2.61 bits per heavy atom. The number of aliphatic hydroxyl groups excluding tert-OH is 1. The molecule has 1 aromatic heterocycles. The summed E-state index contributed by atoms with van der Waals surface area (Å²) in [5.41, 5.74) is 2.05. The van der Waals surface area contributed by atoms with Crippen molar-refractivity contribution in [3.63, 3.8) is 0 Å². The summed E-state index contributed by atoms with van der Waals surface area (Å²) < 4.78 is 18.6. The first-order chi connectivity index (χ1) is 11.1. The number of hydrogen-bond acceptors (Lipinski definition) is 3. The second-order valence-corrected chi connectivity index (χ2v) is 5.32. The van der Waals surface area contributed by atoms with E-state index in [1.807, 2.05) is 31.2 Å². The summed E-state index contributed by atoms with van der Waals surface area (Å²) in [4.78, 5) is 12.0. The Kier molecular flexibility index (Phi) is 4.12. The average molecular weight is 313 g/mol. The van der Waals surface area contributed by atoms with Crippen molar-refractivity contribution in [3.8, 4) is 0 Å². The lowest BCUT2D eigenvalue weighted by Gasteiger charge is -2.11. The molecular formula is C18H16FNO3. The van der Waals surface area contributed by atoms with Gasteiger partial charge in [-0.15, -0.1) is 0 Å². The Hall–Kier alpha value is -2.66. The first-order valence-electron chi connectivity index (χ1n) is 7.24. The molecule has 0 saturated heterocycles. The molecular weight excluding hydrogens is 297 g/mol. The van der Waals surface area contributed by atoms with Gasteiger partial charge < -0.3 is 14.8 Å². The second kappa shape index (κ2) is 6.22. The van der Waals surface area contributed by atoms with Crippen LogP contribution in [-0.2, 0) is 11.3 Å². The number of rotatable bonds is 4. The molecule has 4 nitrogen and oxygen atoms in total. The third-order valence-corrected chi connectivity index (χ3v) is 3.80. The fourth-order valence-electron chi connectivity index (χ4n) is 2.45. The molecule has 5 heteroatoms. The summed E-state index contributed by atoms with van der Waals surface area (Å²) in [5, 5.41) is 13.6. The summed E-state index contributed by atoms with van der Waals surface area (Å²) in [7, 11) is 0. The predicted octanol–water partition coefficient (Wildman–Crippen LogP) is 3.23. The molecule has 0 spiro atoms. The van der Waals surface area contributed by atoms with Gasteiger partial charge in [-0.1, -0.05) is 30.3 Å². The first-order valence-corrected chi connectivity index (χ1v) is 7.24. The monoisotopic (exact) mass is 313 g/mol. The molecule has 3 aromatic rings. The Morgan fingerprint density at radius 2 is 1.91 bits per heavy atom. The lowest BCUT2D eigenvalue weighted by atomic mass is 10.1. The van der Waals surface area contributed by atoms with Gasteiger partial charge >= 0.3 is 0 Å². The van der Waals surface area contributed by atoms with Crippen LogP contribution in [0.15, 0.2) is 52.9 Å². The summed E-state index contributed by atoms with van der Waals surface area (Å²) in [5.74, 6) is -0.332. The van der Waals surface area contributed by atoms with Gasteiger partial charge in [0.15, 0.2) is 6.10 Å². The maximum atomic E-state index is 12.9. The van der Waals surface area contributed by atoms with Crippen molar-refractivity contribution in [1.82, 2.24) is 5.32 Å². The number of nitrogens with one attached hydrogen (secondary N) is 1. The molecule has 1 atom stereocenters. The van der Waals surface area contributed by atoms with E-state index >= 15 is 0 Å². The maximum Gasteiger partial charge on any atom is 0.253 e. The van der Waals surface area contributed by atoms with Gasteiger partial charge in [0.2, 0.25) is 0 Å². The minimum atomic E-state index is -1.35. The lowest BCUT2D eigenvalue weighted by Crippen LogP contribution is -2.28. The topological polar surface area (TPSA) is 62.5 Å². The molecule has 23 heavy (non-hydrogen) atoms. The van der Waals surface area contributed by atoms with E-state index in [2.05, 4.69) is 5.32 Å². The van der Waals surface area contributed by atoms with E-state index in [0.717, 1.165) is 16.5 Å². The van der Waals surface area contributed by atoms with E-state index in [4.69, 9.17) is 4.42 Å². The van der Waals surface area contributed by atoms with Crippen LogP contribution in [-0.4, -0.2) is 11.0 Å². The van der Waals surface area contributed by atoms with E-state index in [0.29, 0.717) is 11.3 Å². The predicted molar refractivity (Wildman–Crippen MR) is 84.2 cm³/mol. The molecule has 0 aliphatic carbocycles. The molecule has 0 radical (unpaired) electrons. The van der Waals surface area contributed by atoms with Crippen LogP contribution in [0.4, 0.5) is 4.39 Å². The SMILES string of the molecule is Cc1c(CNC(=O)[C@H](O)c2ccc(F)cc2)oc2ccccc12. The Morgan fingerprint density at radius 1 is 1.22 bits per heavy atom. The first kappa shape index (κ1) is 15.2. The number of hydrogen-bond donors (Lipinski definition) is 2. The zero-order chi connectivity index (χ0) is 16.4. The third-order valence-electron chi connectivity index (χ3n) is 3.80. The highest BCUT2D eigenvalue weighted by molar-refractivity contribution is 5.83. The summed E-state index contributed by atoms with van der Waals surface area (Å²) in [6.45, 7) is 2.10. The van der Waals surface area contributed by atoms with Crippen LogP contribution in [0.3, 0.4) is 0 Å². The van der Waals surface area contributed by atoms with Gasteiger partial charge in [-0.2, -0.15) is 0 Å². The Balaban J connectivity index is 1.70. The van der Waals surface area contributed by atoms with Crippen molar-refractivity contribution in [2.24, 2.45) is 0 Å². The largest absolute Gasteiger partial charge is 0.459 e. The molecule has 3 rings (SSSR count). The smallest absolute Gasteiger partial charge is 0.253 e. The highest BCUT2D eigenvalue weighted by Crippen LogP contribution is 2.24. The van der Waals surface area contributed by atoms with Crippen LogP contribution in [0, 0.1) is 12.7 Å². The van der Waals surface area contributed by atoms with Gasteiger partial charge in [-0.05, 0) is 30.7 Å². The zero-order valence-corrected chi connectivity index (χ0v) is 12.5. The van der Waals surface area contributed by atoms with Crippen LogP contribution >= 0.6 is 0 Å². The van der Waals surface area contributed by atoms with E-state index in [1.165, 1.54) is 24.3 Å². The second-order valence-electron chi connectivity index (χ2n) is 5.32. The van der Waals surface area contributed by atoms with Crippen molar-refractivity contribution in [2.75, 3.05) is 0 Å². The Labute approximate surface area is 132 Å². The van der Waals surface area contributed by atoms with Crippen LogP contribution in [0.25, 0.3) is 11.0 Å². The minimum absolute atomic E-state index is 0.178. The quantitative estimate of drug-likeness (QED) is 0.777. The lowest BCUT2D eigenvalue weighted by molar-refractivity contribution is -0.129. The number of benzene rings is 2. The molecule has 0 unspecified atom stereocenters. The molecule has 0 saturated carbocycles. The van der Waals surface area contributed by atoms with Gasteiger partial charge in [0.25, 0.3) is 5.91 Å². The van der Waals surface area contributed by atoms with Crippen molar-refractivity contribution in [2.45, 2.75) is 19.6 Å². The number of amides is 1. The van der Waals surface area contributed by atoms with E-state index in [-0.39, 0.29) is 6.54 Å². The van der Waals surface area contributed by atoms with Gasteiger partial charge in [0, 0.05) is 10.9 Å². The van der Waals surface area contributed by atoms with Crippen LogP contribution in [0.5, 0.6) is 0 Å². The standard InChI is InChI=1S/C18H16FNO3/c1-11-14-4-2-3-5-15(14)23-16(11)10-20-18(22)17(21)12-6-8-13(19)9-7-12/h2-9,17,21H,10H2,1H3,(H,20,22)/t17-/m1/s1. The number of aliphatic hydroxyl groups is 1. The molecule has 0 fully saturated rings. The van der Waals surface area contributed by atoms with Crippen molar-refractivity contribution in [3.05, 3.63) is 71.2 Å².